The first-order chi connectivity index (χ1) is 13.3. The monoisotopic (exact) mass is 372 g/mol. The number of aromatic nitrogens is 1. The average molecular weight is 373 g/mol. The molecule has 27 heavy (non-hydrogen) atoms. The van der Waals surface area contributed by atoms with Crippen molar-refractivity contribution in [2.24, 2.45) is 4.99 Å². The second-order valence-electron chi connectivity index (χ2n) is 6.96. The second-order valence-corrected chi connectivity index (χ2v) is 6.96. The Labute approximate surface area is 161 Å². The molecule has 148 valence electrons. The molecular weight excluding hydrogens is 340 g/mol. The lowest BCUT2D eigenvalue weighted by molar-refractivity contribution is 0.00990. The number of piperidine rings is 1. The summed E-state index contributed by atoms with van der Waals surface area (Å²) in [6, 6.07) is 10.5. The fraction of sp³-hybridized carbons (Fsp3) is 0.571. The van der Waals surface area contributed by atoms with Crippen LogP contribution in [0.15, 0.2) is 35.3 Å². The van der Waals surface area contributed by atoms with Gasteiger partial charge in [0.25, 0.3) is 0 Å². The zero-order valence-corrected chi connectivity index (χ0v) is 16.5. The average Bonchev–Trinajstić information content (AvgIpc) is 3.12. The molecule has 2 heterocycles. The van der Waals surface area contributed by atoms with E-state index < -0.39 is 0 Å². The third-order valence-corrected chi connectivity index (χ3v) is 4.91. The van der Waals surface area contributed by atoms with Gasteiger partial charge in [0.05, 0.1) is 12.6 Å². The lowest BCUT2D eigenvalue weighted by Gasteiger charge is -2.34. The number of ether oxygens (including phenoxy) is 2. The van der Waals surface area contributed by atoms with E-state index in [1.54, 1.807) is 7.11 Å². The van der Waals surface area contributed by atoms with Gasteiger partial charge < -0.3 is 24.7 Å². The Kier molecular flexibility index (Phi) is 7.54. The van der Waals surface area contributed by atoms with E-state index in [1.807, 2.05) is 0 Å². The van der Waals surface area contributed by atoms with Crippen molar-refractivity contribution in [1.82, 2.24) is 15.2 Å². The van der Waals surface area contributed by atoms with Crippen LogP contribution in [0.5, 0.6) is 0 Å². The topological polar surface area (TPSA) is 61.9 Å². The first-order valence-corrected chi connectivity index (χ1v) is 10.0. The number of para-hydroxylation sites is 1. The Morgan fingerprint density at radius 1 is 1.26 bits per heavy atom. The fourth-order valence-electron chi connectivity index (χ4n) is 3.49. The molecule has 2 N–H and O–H groups in total. The van der Waals surface area contributed by atoms with E-state index in [4.69, 9.17) is 14.5 Å². The van der Waals surface area contributed by atoms with Gasteiger partial charge in [-0.05, 0) is 43.7 Å². The number of rotatable bonds is 8. The van der Waals surface area contributed by atoms with E-state index in [-0.39, 0.29) is 0 Å². The van der Waals surface area contributed by atoms with Gasteiger partial charge in [0.15, 0.2) is 5.96 Å². The Bertz CT molecular complexity index is 687. The van der Waals surface area contributed by atoms with E-state index >= 15 is 0 Å². The van der Waals surface area contributed by atoms with Gasteiger partial charge in [0.1, 0.15) is 0 Å². The fourth-order valence-corrected chi connectivity index (χ4v) is 3.49. The van der Waals surface area contributed by atoms with Gasteiger partial charge in [-0.3, -0.25) is 0 Å². The van der Waals surface area contributed by atoms with E-state index in [2.05, 4.69) is 52.5 Å². The van der Waals surface area contributed by atoms with Gasteiger partial charge in [-0.15, -0.1) is 0 Å². The molecule has 1 aliphatic rings. The lowest BCUT2D eigenvalue weighted by Crippen LogP contribution is -2.47. The van der Waals surface area contributed by atoms with Crippen LogP contribution in [-0.4, -0.2) is 61.9 Å². The summed E-state index contributed by atoms with van der Waals surface area (Å²) in [6.07, 6.45) is 3.41. The predicted molar refractivity (Wildman–Crippen MR) is 110 cm³/mol. The number of hydrogen-bond donors (Lipinski definition) is 2. The molecule has 3 rings (SSSR count). The van der Waals surface area contributed by atoms with Crippen molar-refractivity contribution in [2.75, 3.05) is 40.0 Å². The summed E-state index contributed by atoms with van der Waals surface area (Å²) < 4.78 is 11.0. The number of guanidine groups is 1. The van der Waals surface area contributed by atoms with Crippen LogP contribution in [-0.2, 0) is 16.0 Å². The summed E-state index contributed by atoms with van der Waals surface area (Å²) in [7, 11) is 1.73. The number of hydrogen-bond acceptors (Lipinski definition) is 3. The van der Waals surface area contributed by atoms with Crippen molar-refractivity contribution in [3.05, 3.63) is 36.0 Å². The molecule has 0 spiro atoms. The number of nitrogens with one attached hydrogen (secondary N) is 2. The smallest absolute Gasteiger partial charge is 0.194 e. The normalized spacial score (nSPS) is 16.2. The number of likely N-dealkylation sites (tertiary alicyclic amines) is 1. The molecule has 0 radical (unpaired) electrons. The predicted octanol–water partition coefficient (Wildman–Crippen LogP) is 3.15. The van der Waals surface area contributed by atoms with Gasteiger partial charge >= 0.3 is 0 Å². The summed E-state index contributed by atoms with van der Waals surface area (Å²) in [5.74, 6) is 0.994. The number of aromatic amines is 1. The number of H-pyrrole nitrogens is 1. The second kappa shape index (κ2) is 10.3. The number of nitrogens with zero attached hydrogens (tertiary/aromatic N) is 2. The van der Waals surface area contributed by atoms with Crippen LogP contribution in [0.2, 0.25) is 0 Å². The third kappa shape index (κ3) is 5.71. The molecule has 0 amide bonds. The lowest BCUT2D eigenvalue weighted by atomic mass is 10.1. The Hall–Kier alpha value is -2.05. The van der Waals surface area contributed by atoms with Crippen LogP contribution in [0.25, 0.3) is 10.9 Å². The van der Waals surface area contributed by atoms with Crippen molar-refractivity contribution in [2.45, 2.75) is 38.8 Å². The van der Waals surface area contributed by atoms with Crippen molar-refractivity contribution in [3.8, 4) is 0 Å². The van der Waals surface area contributed by atoms with Crippen molar-refractivity contribution in [1.29, 1.82) is 0 Å². The zero-order valence-electron chi connectivity index (χ0n) is 16.5. The molecule has 0 unspecified atom stereocenters. The standard InChI is InChI=1S/C21H32N4O2/c1-3-22-21(23-16-18-15-17-7-4-5-8-20(17)24-18)25-11-9-19(10-12-25)27-14-6-13-26-2/h4-5,7-8,15,19,24H,3,6,9-14,16H2,1-2H3,(H,22,23). The maximum absolute atomic E-state index is 5.96. The van der Waals surface area contributed by atoms with Crippen LogP contribution in [0.3, 0.4) is 0 Å². The summed E-state index contributed by atoms with van der Waals surface area (Å²) >= 11 is 0. The van der Waals surface area contributed by atoms with E-state index in [1.165, 1.54) is 10.9 Å². The number of fused-ring (bicyclic) bond motifs is 1. The summed E-state index contributed by atoms with van der Waals surface area (Å²) in [5, 5.41) is 4.67. The Morgan fingerprint density at radius 3 is 2.81 bits per heavy atom. The quantitative estimate of drug-likeness (QED) is 0.424. The molecule has 6 heteroatoms. The minimum absolute atomic E-state index is 0.356. The maximum atomic E-state index is 5.96. The van der Waals surface area contributed by atoms with Gasteiger partial charge in [-0.25, -0.2) is 4.99 Å². The molecule has 0 aliphatic carbocycles. The highest BCUT2D eigenvalue weighted by molar-refractivity contribution is 5.81. The summed E-state index contributed by atoms with van der Waals surface area (Å²) in [4.78, 5) is 10.7. The van der Waals surface area contributed by atoms with E-state index in [9.17, 15) is 0 Å². The van der Waals surface area contributed by atoms with Crippen molar-refractivity contribution >= 4 is 16.9 Å². The molecular formula is C21H32N4O2. The maximum Gasteiger partial charge on any atom is 0.194 e. The molecule has 1 aromatic heterocycles. The molecule has 1 saturated heterocycles. The SMILES string of the molecule is CCNC(=NCc1cc2ccccc2[nH]1)N1CCC(OCCCOC)CC1. The van der Waals surface area contributed by atoms with Gasteiger partial charge in [-0.1, -0.05) is 18.2 Å². The minimum atomic E-state index is 0.356. The van der Waals surface area contributed by atoms with Crippen LogP contribution in [0.4, 0.5) is 0 Å². The first-order valence-electron chi connectivity index (χ1n) is 10.0. The highest BCUT2D eigenvalue weighted by Crippen LogP contribution is 2.17. The number of benzene rings is 1. The third-order valence-electron chi connectivity index (χ3n) is 4.91. The Morgan fingerprint density at radius 2 is 2.07 bits per heavy atom. The van der Waals surface area contributed by atoms with Crippen LogP contribution >= 0.6 is 0 Å². The van der Waals surface area contributed by atoms with Crippen LogP contribution in [0, 0.1) is 0 Å². The summed E-state index contributed by atoms with van der Waals surface area (Å²) in [6.45, 7) is 7.16. The van der Waals surface area contributed by atoms with Crippen LogP contribution in [0.1, 0.15) is 31.9 Å². The van der Waals surface area contributed by atoms with Gasteiger partial charge in [0, 0.05) is 51.2 Å². The molecule has 2 aromatic rings. The first kappa shape index (κ1) is 19.7. The van der Waals surface area contributed by atoms with Gasteiger partial charge in [0.2, 0.25) is 0 Å². The molecule has 1 fully saturated rings. The minimum Gasteiger partial charge on any atom is -0.385 e. The number of aliphatic imine (C=N–C) groups is 1. The highest BCUT2D eigenvalue weighted by Gasteiger charge is 2.21. The van der Waals surface area contributed by atoms with E-state index in [0.717, 1.165) is 63.8 Å². The summed E-state index contributed by atoms with van der Waals surface area (Å²) in [5.41, 5.74) is 2.31. The van der Waals surface area contributed by atoms with Crippen molar-refractivity contribution in [3.63, 3.8) is 0 Å². The molecule has 1 aliphatic heterocycles. The molecule has 6 nitrogen and oxygen atoms in total. The molecule has 0 atom stereocenters. The van der Waals surface area contributed by atoms with Gasteiger partial charge in [-0.2, -0.15) is 0 Å². The zero-order chi connectivity index (χ0) is 18.9. The van der Waals surface area contributed by atoms with E-state index in [0.29, 0.717) is 12.6 Å². The largest absolute Gasteiger partial charge is 0.385 e. The number of methoxy groups -OCH3 is 1. The van der Waals surface area contributed by atoms with Crippen LogP contribution < -0.4 is 5.32 Å². The Balaban J connectivity index is 1.53. The molecule has 0 bridgehead atoms. The highest BCUT2D eigenvalue weighted by atomic mass is 16.5. The van der Waals surface area contributed by atoms with Crippen molar-refractivity contribution < 1.29 is 9.47 Å². The molecule has 0 saturated carbocycles. The molecule has 1 aromatic carbocycles.